The van der Waals surface area contributed by atoms with Crippen LogP contribution < -0.4 is 0 Å². The summed E-state index contributed by atoms with van der Waals surface area (Å²) < 4.78 is 5.56. The molecule has 1 heteroatoms. The van der Waals surface area contributed by atoms with E-state index in [1.165, 1.54) is 19.3 Å². The number of ether oxygens (including phenoxy) is 1. The molecule has 0 N–H and O–H groups in total. The molecule has 0 aromatic carbocycles. The predicted octanol–water partition coefficient (Wildman–Crippen LogP) is 1.58. The largest absolute Gasteiger partial charge is 0.375 e. The summed E-state index contributed by atoms with van der Waals surface area (Å²) in [5.41, 5.74) is 0.403. The van der Waals surface area contributed by atoms with Crippen LogP contribution in [0.1, 0.15) is 26.2 Å². The second kappa shape index (κ2) is 1.27. The molecular weight excluding hydrogens is 100 g/mol. The zero-order chi connectivity index (χ0) is 5.61. The summed E-state index contributed by atoms with van der Waals surface area (Å²) in [5, 5.41) is 0. The molecule has 2 fully saturated rings. The summed E-state index contributed by atoms with van der Waals surface area (Å²) in [6.07, 6.45) is 3.95. The maximum Gasteiger partial charge on any atom is 0.0713 e. The number of hydrogen-bond acceptors (Lipinski definition) is 1. The Hall–Kier alpha value is -0.0400. The second-order valence-electron chi connectivity index (χ2n) is 3.12. The minimum absolute atomic E-state index is 0.403. The van der Waals surface area contributed by atoms with Crippen LogP contribution in [0.4, 0.5) is 0 Å². The molecule has 46 valence electrons. The smallest absolute Gasteiger partial charge is 0.0713 e. The average molecular weight is 112 g/mol. The van der Waals surface area contributed by atoms with Crippen LogP contribution >= 0.6 is 0 Å². The van der Waals surface area contributed by atoms with Gasteiger partial charge in [-0.2, -0.15) is 0 Å². The standard InChI is InChI=1S/C7H12O/c1-6-5-7(6)3-2-4-8-7/h6H,2-5H2,1H3. The van der Waals surface area contributed by atoms with E-state index in [0.717, 1.165) is 12.5 Å². The van der Waals surface area contributed by atoms with Gasteiger partial charge >= 0.3 is 0 Å². The number of hydrogen-bond donors (Lipinski definition) is 0. The first-order chi connectivity index (χ1) is 3.83. The quantitative estimate of drug-likeness (QED) is 0.462. The molecule has 2 aliphatic rings. The molecule has 1 aliphatic heterocycles. The van der Waals surface area contributed by atoms with E-state index < -0.39 is 0 Å². The van der Waals surface area contributed by atoms with E-state index in [0.29, 0.717) is 5.60 Å². The summed E-state index contributed by atoms with van der Waals surface area (Å²) in [4.78, 5) is 0. The van der Waals surface area contributed by atoms with Crippen LogP contribution in [0.2, 0.25) is 0 Å². The van der Waals surface area contributed by atoms with Gasteiger partial charge in [-0.15, -0.1) is 0 Å². The van der Waals surface area contributed by atoms with Crippen LogP contribution in [0.15, 0.2) is 0 Å². The summed E-state index contributed by atoms with van der Waals surface area (Å²) >= 11 is 0. The Morgan fingerprint density at radius 1 is 1.62 bits per heavy atom. The minimum atomic E-state index is 0.403. The highest BCUT2D eigenvalue weighted by Crippen LogP contribution is 2.52. The van der Waals surface area contributed by atoms with Crippen molar-refractivity contribution < 1.29 is 4.74 Å². The first kappa shape index (κ1) is 4.80. The highest BCUT2D eigenvalue weighted by Gasteiger charge is 2.53. The molecule has 1 saturated carbocycles. The van der Waals surface area contributed by atoms with Crippen molar-refractivity contribution in [1.29, 1.82) is 0 Å². The highest BCUT2D eigenvalue weighted by atomic mass is 16.5. The van der Waals surface area contributed by atoms with E-state index in [1.54, 1.807) is 0 Å². The molecule has 2 atom stereocenters. The van der Waals surface area contributed by atoms with Crippen LogP contribution in [0.25, 0.3) is 0 Å². The average Bonchev–Trinajstić information content (AvgIpc) is 2.29. The Morgan fingerprint density at radius 3 is 2.62 bits per heavy atom. The molecule has 2 rings (SSSR count). The van der Waals surface area contributed by atoms with Crippen LogP contribution in [-0.2, 0) is 4.74 Å². The fourth-order valence-corrected chi connectivity index (χ4v) is 1.73. The van der Waals surface area contributed by atoms with Gasteiger partial charge in [0.15, 0.2) is 0 Å². The lowest BCUT2D eigenvalue weighted by Gasteiger charge is -2.03. The third-order valence-electron chi connectivity index (χ3n) is 2.52. The van der Waals surface area contributed by atoms with Gasteiger partial charge in [-0.25, -0.2) is 0 Å². The van der Waals surface area contributed by atoms with E-state index >= 15 is 0 Å². The maximum absolute atomic E-state index is 5.56. The van der Waals surface area contributed by atoms with E-state index in [9.17, 15) is 0 Å². The van der Waals surface area contributed by atoms with Gasteiger partial charge in [-0.05, 0) is 25.2 Å². The zero-order valence-corrected chi connectivity index (χ0v) is 5.31. The van der Waals surface area contributed by atoms with Crippen LogP contribution in [0.5, 0.6) is 0 Å². The van der Waals surface area contributed by atoms with Crippen LogP contribution in [0, 0.1) is 5.92 Å². The van der Waals surface area contributed by atoms with Crippen LogP contribution in [0.3, 0.4) is 0 Å². The van der Waals surface area contributed by atoms with Crippen molar-refractivity contribution in [3.05, 3.63) is 0 Å². The van der Waals surface area contributed by atoms with Crippen molar-refractivity contribution in [2.45, 2.75) is 31.8 Å². The molecule has 1 nitrogen and oxygen atoms in total. The molecule has 0 aromatic rings. The predicted molar refractivity (Wildman–Crippen MR) is 31.7 cm³/mol. The summed E-state index contributed by atoms with van der Waals surface area (Å²) in [6, 6.07) is 0. The molecule has 0 amide bonds. The van der Waals surface area contributed by atoms with Crippen molar-refractivity contribution >= 4 is 0 Å². The zero-order valence-electron chi connectivity index (χ0n) is 5.31. The molecule has 1 aliphatic carbocycles. The summed E-state index contributed by atoms with van der Waals surface area (Å²) in [5.74, 6) is 0.866. The van der Waals surface area contributed by atoms with Gasteiger partial charge in [0.05, 0.1) is 5.60 Å². The molecule has 2 unspecified atom stereocenters. The van der Waals surface area contributed by atoms with Crippen molar-refractivity contribution in [2.75, 3.05) is 6.61 Å². The highest BCUT2D eigenvalue weighted by molar-refractivity contribution is 5.04. The second-order valence-corrected chi connectivity index (χ2v) is 3.12. The van der Waals surface area contributed by atoms with E-state index in [-0.39, 0.29) is 0 Å². The minimum Gasteiger partial charge on any atom is -0.375 e. The van der Waals surface area contributed by atoms with Gasteiger partial charge in [-0.3, -0.25) is 0 Å². The molecule has 0 aromatic heterocycles. The Balaban J connectivity index is 2.06. The van der Waals surface area contributed by atoms with Gasteiger partial charge in [0, 0.05) is 6.61 Å². The fraction of sp³-hybridized carbons (Fsp3) is 1.00. The van der Waals surface area contributed by atoms with E-state index in [1.807, 2.05) is 0 Å². The molecule has 1 saturated heterocycles. The maximum atomic E-state index is 5.56. The van der Waals surface area contributed by atoms with Gasteiger partial charge < -0.3 is 4.74 Å². The third-order valence-corrected chi connectivity index (χ3v) is 2.52. The normalized spacial score (nSPS) is 52.9. The Kier molecular flexibility index (Phi) is 0.762. The summed E-state index contributed by atoms with van der Waals surface area (Å²) in [7, 11) is 0. The molecule has 8 heavy (non-hydrogen) atoms. The Morgan fingerprint density at radius 2 is 2.38 bits per heavy atom. The molecule has 0 bridgehead atoms. The van der Waals surface area contributed by atoms with Gasteiger partial charge in [0.2, 0.25) is 0 Å². The monoisotopic (exact) mass is 112 g/mol. The molecule has 1 heterocycles. The molecule has 0 radical (unpaired) electrons. The number of rotatable bonds is 0. The third kappa shape index (κ3) is 0.455. The van der Waals surface area contributed by atoms with Gasteiger partial charge in [0.25, 0.3) is 0 Å². The molecular formula is C7H12O. The SMILES string of the molecule is CC1CC12CCCO2. The van der Waals surface area contributed by atoms with Crippen molar-refractivity contribution in [3.8, 4) is 0 Å². The lowest BCUT2D eigenvalue weighted by molar-refractivity contribution is 0.0790. The fourth-order valence-electron chi connectivity index (χ4n) is 1.73. The van der Waals surface area contributed by atoms with E-state index in [2.05, 4.69) is 6.92 Å². The van der Waals surface area contributed by atoms with Crippen molar-refractivity contribution in [2.24, 2.45) is 5.92 Å². The first-order valence-electron chi connectivity index (χ1n) is 3.47. The van der Waals surface area contributed by atoms with E-state index in [4.69, 9.17) is 4.74 Å². The van der Waals surface area contributed by atoms with Gasteiger partial charge in [0.1, 0.15) is 0 Å². The summed E-state index contributed by atoms with van der Waals surface area (Å²) in [6.45, 7) is 3.30. The topological polar surface area (TPSA) is 9.23 Å². The Labute approximate surface area is 50.0 Å². The van der Waals surface area contributed by atoms with Crippen LogP contribution in [-0.4, -0.2) is 12.2 Å². The van der Waals surface area contributed by atoms with Gasteiger partial charge in [-0.1, -0.05) is 6.92 Å². The van der Waals surface area contributed by atoms with Crippen molar-refractivity contribution in [3.63, 3.8) is 0 Å². The lowest BCUT2D eigenvalue weighted by Crippen LogP contribution is -2.06. The van der Waals surface area contributed by atoms with Crippen molar-refractivity contribution in [1.82, 2.24) is 0 Å². The Bertz CT molecular complexity index is 103. The lowest BCUT2D eigenvalue weighted by atomic mass is 10.2. The first-order valence-corrected chi connectivity index (χ1v) is 3.47. The molecule has 1 spiro atoms.